The van der Waals surface area contributed by atoms with Gasteiger partial charge in [0.1, 0.15) is 11.5 Å². The van der Waals surface area contributed by atoms with Crippen LogP contribution in [0, 0.1) is 0 Å². The zero-order valence-electron chi connectivity index (χ0n) is 18.5. The average molecular weight is 446 g/mol. The fourth-order valence-corrected chi connectivity index (χ4v) is 4.55. The number of allylic oxidation sites excluding steroid dienone is 1. The molecular formula is C22H27N3O5S. The van der Waals surface area contributed by atoms with Crippen molar-refractivity contribution in [2.24, 2.45) is 4.99 Å². The number of esters is 1. The van der Waals surface area contributed by atoms with E-state index in [9.17, 15) is 9.59 Å². The van der Waals surface area contributed by atoms with E-state index in [1.807, 2.05) is 36.3 Å². The first-order valence-corrected chi connectivity index (χ1v) is 10.7. The van der Waals surface area contributed by atoms with E-state index >= 15 is 0 Å². The number of amides is 1. The minimum atomic E-state index is -0.544. The summed E-state index contributed by atoms with van der Waals surface area (Å²) < 4.78 is 16.0. The van der Waals surface area contributed by atoms with E-state index in [1.54, 1.807) is 27.2 Å². The van der Waals surface area contributed by atoms with Gasteiger partial charge >= 0.3 is 5.97 Å². The molecule has 1 amide bonds. The molecule has 0 aromatic heterocycles. The number of amidine groups is 1. The van der Waals surface area contributed by atoms with Gasteiger partial charge in [0.05, 0.1) is 45.1 Å². The van der Waals surface area contributed by atoms with Gasteiger partial charge in [-0.15, -0.1) is 0 Å². The second-order valence-electron chi connectivity index (χ2n) is 7.43. The lowest BCUT2D eigenvalue weighted by atomic mass is 9.93. The van der Waals surface area contributed by atoms with E-state index in [0.29, 0.717) is 27.9 Å². The summed E-state index contributed by atoms with van der Waals surface area (Å²) in [6, 6.07) is 4.95. The summed E-state index contributed by atoms with van der Waals surface area (Å²) in [5.74, 6) is 0.608. The number of nitrogens with zero attached hydrogens (tertiary/aromatic N) is 2. The highest BCUT2D eigenvalue weighted by molar-refractivity contribution is 8.16. The number of ether oxygens (including phenoxy) is 3. The Morgan fingerprint density at radius 2 is 1.81 bits per heavy atom. The van der Waals surface area contributed by atoms with Crippen molar-refractivity contribution in [3.63, 3.8) is 0 Å². The number of hydrogen-bond donors (Lipinski definition) is 1. The SMILES string of the molecule is COC(=O)C1=C(C)N=C2SC=C(CC(=O)NC(C)C)N2C1c1cc(OC)cc(OC)c1. The van der Waals surface area contributed by atoms with Gasteiger partial charge in [-0.3, -0.25) is 4.79 Å². The van der Waals surface area contributed by atoms with Crippen LogP contribution in [0.1, 0.15) is 38.8 Å². The molecule has 1 aromatic rings. The molecule has 166 valence electrons. The fraction of sp³-hybridized carbons (Fsp3) is 0.409. The van der Waals surface area contributed by atoms with Gasteiger partial charge < -0.3 is 24.4 Å². The molecule has 0 saturated carbocycles. The molecule has 1 atom stereocenters. The topological polar surface area (TPSA) is 89.5 Å². The molecule has 0 saturated heterocycles. The zero-order valence-corrected chi connectivity index (χ0v) is 19.3. The molecule has 3 rings (SSSR count). The smallest absolute Gasteiger partial charge is 0.338 e. The maximum Gasteiger partial charge on any atom is 0.338 e. The first-order valence-electron chi connectivity index (χ1n) is 9.84. The standard InChI is InChI=1S/C22H27N3O5S/c1-12(2)23-18(26)9-15-11-31-22-24-13(3)19(21(27)30-6)20(25(15)22)14-7-16(28-4)10-17(8-14)29-5/h7-8,10-12,20H,9H2,1-6H3,(H,23,26). The molecular weight excluding hydrogens is 418 g/mol. The highest BCUT2D eigenvalue weighted by Crippen LogP contribution is 2.46. The Kier molecular flexibility index (Phi) is 6.94. The summed E-state index contributed by atoms with van der Waals surface area (Å²) in [5.41, 5.74) is 2.49. The van der Waals surface area contributed by atoms with Gasteiger partial charge in [-0.1, -0.05) is 11.8 Å². The minimum Gasteiger partial charge on any atom is -0.497 e. The summed E-state index contributed by atoms with van der Waals surface area (Å²) in [7, 11) is 4.49. The van der Waals surface area contributed by atoms with Crippen LogP contribution in [0.4, 0.5) is 0 Å². The van der Waals surface area contributed by atoms with Gasteiger partial charge in [0, 0.05) is 17.8 Å². The first-order chi connectivity index (χ1) is 14.8. The van der Waals surface area contributed by atoms with Crippen LogP contribution in [0.25, 0.3) is 0 Å². The Bertz CT molecular complexity index is 961. The predicted octanol–water partition coefficient (Wildman–Crippen LogP) is 3.37. The van der Waals surface area contributed by atoms with Crippen molar-refractivity contribution >= 4 is 28.8 Å². The number of benzene rings is 1. The third kappa shape index (κ3) is 4.71. The summed E-state index contributed by atoms with van der Waals surface area (Å²) in [6.45, 7) is 5.61. The summed E-state index contributed by atoms with van der Waals surface area (Å²) in [4.78, 5) is 31.8. The Hall–Kier alpha value is -2.94. The zero-order chi connectivity index (χ0) is 22.7. The van der Waals surface area contributed by atoms with Gasteiger partial charge in [-0.05, 0) is 43.9 Å². The number of aliphatic imine (C=N–C) groups is 1. The van der Waals surface area contributed by atoms with Crippen molar-refractivity contribution in [2.45, 2.75) is 39.3 Å². The largest absolute Gasteiger partial charge is 0.497 e. The van der Waals surface area contributed by atoms with Crippen LogP contribution in [0.15, 0.2) is 45.6 Å². The second-order valence-corrected chi connectivity index (χ2v) is 8.27. The molecule has 0 bridgehead atoms. The van der Waals surface area contributed by atoms with Crippen molar-refractivity contribution in [1.29, 1.82) is 0 Å². The number of nitrogens with one attached hydrogen (secondary N) is 1. The Labute approximate surface area is 186 Å². The lowest BCUT2D eigenvalue weighted by Crippen LogP contribution is -2.38. The molecule has 31 heavy (non-hydrogen) atoms. The minimum absolute atomic E-state index is 0.0304. The molecule has 0 fully saturated rings. The third-order valence-electron chi connectivity index (χ3n) is 4.89. The molecule has 0 radical (unpaired) electrons. The first kappa shape index (κ1) is 22.7. The van der Waals surface area contributed by atoms with Crippen LogP contribution in [-0.4, -0.2) is 49.3 Å². The molecule has 0 spiro atoms. The quantitative estimate of drug-likeness (QED) is 0.644. The molecule has 2 aliphatic heterocycles. The summed E-state index contributed by atoms with van der Waals surface area (Å²) in [6.07, 6.45) is 0.162. The van der Waals surface area contributed by atoms with Crippen molar-refractivity contribution in [1.82, 2.24) is 10.2 Å². The molecule has 9 heteroatoms. The number of rotatable bonds is 7. The van der Waals surface area contributed by atoms with E-state index in [1.165, 1.54) is 18.9 Å². The van der Waals surface area contributed by atoms with Crippen molar-refractivity contribution in [3.8, 4) is 11.5 Å². The van der Waals surface area contributed by atoms with Crippen molar-refractivity contribution in [2.75, 3.05) is 21.3 Å². The second kappa shape index (κ2) is 9.47. The lowest BCUT2D eigenvalue weighted by molar-refractivity contribution is -0.136. The number of thioether (sulfide) groups is 1. The highest BCUT2D eigenvalue weighted by atomic mass is 32.2. The molecule has 0 aliphatic carbocycles. The number of hydrogen-bond acceptors (Lipinski definition) is 8. The Morgan fingerprint density at radius 3 is 2.35 bits per heavy atom. The van der Waals surface area contributed by atoms with E-state index < -0.39 is 12.0 Å². The molecule has 8 nitrogen and oxygen atoms in total. The summed E-state index contributed by atoms with van der Waals surface area (Å²) >= 11 is 1.42. The number of carbonyl (C=O) groups excluding carboxylic acids is 2. The number of fused-ring (bicyclic) bond motifs is 1. The molecule has 2 heterocycles. The summed E-state index contributed by atoms with van der Waals surface area (Å²) in [5, 5.41) is 5.51. The maximum absolute atomic E-state index is 12.8. The van der Waals surface area contributed by atoms with Gasteiger partial charge in [0.25, 0.3) is 0 Å². The predicted molar refractivity (Wildman–Crippen MR) is 120 cm³/mol. The van der Waals surface area contributed by atoms with E-state index in [0.717, 1.165) is 11.3 Å². The van der Waals surface area contributed by atoms with Gasteiger partial charge in [-0.25, -0.2) is 9.79 Å². The van der Waals surface area contributed by atoms with E-state index in [4.69, 9.17) is 14.2 Å². The lowest BCUT2D eigenvalue weighted by Gasteiger charge is -2.36. The van der Waals surface area contributed by atoms with Crippen LogP contribution < -0.4 is 14.8 Å². The Balaban J connectivity index is 2.11. The van der Waals surface area contributed by atoms with Crippen LogP contribution in [-0.2, 0) is 14.3 Å². The molecule has 2 aliphatic rings. The van der Waals surface area contributed by atoms with Gasteiger partial charge in [0.2, 0.25) is 5.91 Å². The third-order valence-corrected chi connectivity index (χ3v) is 5.78. The number of carbonyl (C=O) groups is 2. The van der Waals surface area contributed by atoms with Crippen LogP contribution in [0.3, 0.4) is 0 Å². The van der Waals surface area contributed by atoms with E-state index in [2.05, 4.69) is 10.3 Å². The Morgan fingerprint density at radius 1 is 1.16 bits per heavy atom. The average Bonchev–Trinajstić information content (AvgIpc) is 3.12. The van der Waals surface area contributed by atoms with Crippen LogP contribution in [0.2, 0.25) is 0 Å². The monoisotopic (exact) mass is 445 g/mol. The van der Waals surface area contributed by atoms with Crippen molar-refractivity contribution < 1.29 is 23.8 Å². The highest BCUT2D eigenvalue weighted by Gasteiger charge is 2.41. The molecule has 1 aromatic carbocycles. The van der Waals surface area contributed by atoms with Crippen LogP contribution >= 0.6 is 11.8 Å². The van der Waals surface area contributed by atoms with Gasteiger partial charge in [-0.2, -0.15) is 0 Å². The normalized spacial score (nSPS) is 17.8. The number of methoxy groups -OCH3 is 3. The molecule has 1 N–H and O–H groups in total. The molecule has 1 unspecified atom stereocenters. The van der Waals surface area contributed by atoms with Crippen molar-refractivity contribution in [3.05, 3.63) is 46.1 Å². The van der Waals surface area contributed by atoms with Gasteiger partial charge in [0.15, 0.2) is 5.17 Å². The van der Waals surface area contributed by atoms with E-state index in [-0.39, 0.29) is 18.4 Å². The van der Waals surface area contributed by atoms with Crippen LogP contribution in [0.5, 0.6) is 11.5 Å². The maximum atomic E-state index is 12.8. The fourth-order valence-electron chi connectivity index (χ4n) is 3.58.